The van der Waals surface area contributed by atoms with E-state index in [1.807, 2.05) is 17.7 Å². The quantitative estimate of drug-likeness (QED) is 0.863. The number of rotatable bonds is 3. The number of halogens is 1. The van der Waals surface area contributed by atoms with Gasteiger partial charge in [0.25, 0.3) is 0 Å². The molecule has 0 saturated carbocycles. The van der Waals surface area contributed by atoms with Crippen LogP contribution in [0.4, 0.5) is 4.39 Å². The first kappa shape index (κ1) is 12.1. The molecule has 0 unspecified atom stereocenters. The molecule has 17 heavy (non-hydrogen) atoms. The molecule has 0 saturated heterocycles. The molecular formula is C14H19FN2. The summed E-state index contributed by atoms with van der Waals surface area (Å²) in [5.41, 5.74) is 3.01. The van der Waals surface area contributed by atoms with Gasteiger partial charge in [-0.1, -0.05) is 26.0 Å². The molecule has 92 valence electrons. The average Bonchev–Trinajstić information content (AvgIpc) is 2.50. The third-order valence-corrected chi connectivity index (χ3v) is 3.24. The molecule has 0 aliphatic carbocycles. The lowest BCUT2D eigenvalue weighted by Gasteiger charge is -2.10. The number of hydrogen-bond acceptors (Lipinski definition) is 1. The fourth-order valence-electron chi connectivity index (χ4n) is 2.25. The number of para-hydroxylation sites is 1. The predicted molar refractivity (Wildman–Crippen MR) is 69.6 cm³/mol. The van der Waals surface area contributed by atoms with E-state index in [4.69, 9.17) is 0 Å². The van der Waals surface area contributed by atoms with Crippen molar-refractivity contribution in [2.45, 2.75) is 33.4 Å². The van der Waals surface area contributed by atoms with E-state index < -0.39 is 0 Å². The topological polar surface area (TPSA) is 17.0 Å². The van der Waals surface area contributed by atoms with Crippen LogP contribution in [0, 0.1) is 12.7 Å². The maximum atomic E-state index is 13.8. The van der Waals surface area contributed by atoms with Crippen molar-refractivity contribution in [3.63, 3.8) is 0 Å². The van der Waals surface area contributed by atoms with E-state index in [0.29, 0.717) is 11.6 Å². The molecule has 1 N–H and O–H groups in total. The standard InChI is InChI=1S/C14H19FN2/c1-9(2)16-8-13-10(3)11-6-5-7-12(15)14(11)17(13)4/h5-7,9,16H,8H2,1-4H3. The molecule has 0 bridgehead atoms. The SMILES string of the molecule is Cc1c(CNC(C)C)n(C)c2c(F)cccc12. The zero-order valence-electron chi connectivity index (χ0n) is 10.8. The Kier molecular flexibility index (Phi) is 3.20. The summed E-state index contributed by atoms with van der Waals surface area (Å²) in [5.74, 6) is -0.149. The molecule has 0 atom stereocenters. The highest BCUT2D eigenvalue weighted by atomic mass is 19.1. The number of fused-ring (bicyclic) bond motifs is 1. The predicted octanol–water partition coefficient (Wildman–Crippen LogP) is 3.12. The molecule has 0 amide bonds. The van der Waals surface area contributed by atoms with Gasteiger partial charge >= 0.3 is 0 Å². The third kappa shape index (κ3) is 2.07. The Labute approximate surface area is 101 Å². The first-order chi connectivity index (χ1) is 8.02. The van der Waals surface area contributed by atoms with Crippen molar-refractivity contribution in [1.29, 1.82) is 0 Å². The van der Waals surface area contributed by atoms with Crippen LogP contribution in [0.2, 0.25) is 0 Å². The molecule has 2 rings (SSSR count). The van der Waals surface area contributed by atoms with E-state index in [2.05, 4.69) is 26.1 Å². The highest BCUT2D eigenvalue weighted by Gasteiger charge is 2.14. The molecule has 2 nitrogen and oxygen atoms in total. The number of nitrogens with zero attached hydrogens (tertiary/aromatic N) is 1. The van der Waals surface area contributed by atoms with Crippen molar-refractivity contribution in [3.8, 4) is 0 Å². The number of aromatic nitrogens is 1. The van der Waals surface area contributed by atoms with Crippen LogP contribution in [-0.2, 0) is 13.6 Å². The number of hydrogen-bond donors (Lipinski definition) is 1. The lowest BCUT2D eigenvalue weighted by molar-refractivity contribution is 0.568. The first-order valence-corrected chi connectivity index (χ1v) is 5.98. The monoisotopic (exact) mass is 234 g/mol. The van der Waals surface area contributed by atoms with Gasteiger partial charge < -0.3 is 9.88 Å². The molecule has 0 aliphatic heterocycles. The number of aryl methyl sites for hydroxylation is 2. The van der Waals surface area contributed by atoms with E-state index in [-0.39, 0.29) is 5.82 Å². The maximum Gasteiger partial charge on any atom is 0.147 e. The van der Waals surface area contributed by atoms with Gasteiger partial charge in [-0.2, -0.15) is 0 Å². The lowest BCUT2D eigenvalue weighted by Crippen LogP contribution is -2.23. The molecule has 0 radical (unpaired) electrons. The Morgan fingerprint density at radius 3 is 2.65 bits per heavy atom. The fourth-order valence-corrected chi connectivity index (χ4v) is 2.25. The van der Waals surface area contributed by atoms with Gasteiger partial charge in [-0.3, -0.25) is 0 Å². The van der Waals surface area contributed by atoms with Crippen LogP contribution in [0.15, 0.2) is 18.2 Å². The van der Waals surface area contributed by atoms with E-state index in [1.165, 1.54) is 6.07 Å². The Morgan fingerprint density at radius 2 is 2.06 bits per heavy atom. The van der Waals surface area contributed by atoms with Crippen molar-refractivity contribution in [2.75, 3.05) is 0 Å². The van der Waals surface area contributed by atoms with E-state index in [1.54, 1.807) is 6.07 Å². The highest BCUT2D eigenvalue weighted by molar-refractivity contribution is 5.85. The molecule has 1 heterocycles. The van der Waals surface area contributed by atoms with Crippen LogP contribution in [0.5, 0.6) is 0 Å². The van der Waals surface area contributed by atoms with Crippen LogP contribution < -0.4 is 5.32 Å². The summed E-state index contributed by atoms with van der Waals surface area (Å²) in [6.07, 6.45) is 0. The molecular weight excluding hydrogens is 215 g/mol. The first-order valence-electron chi connectivity index (χ1n) is 5.98. The maximum absolute atomic E-state index is 13.8. The molecule has 1 aromatic heterocycles. The van der Waals surface area contributed by atoms with E-state index in [0.717, 1.165) is 23.2 Å². The molecule has 0 aliphatic rings. The molecule has 3 heteroatoms. The van der Waals surface area contributed by atoms with Crippen molar-refractivity contribution in [3.05, 3.63) is 35.3 Å². The summed E-state index contributed by atoms with van der Waals surface area (Å²) in [5, 5.41) is 4.39. The molecule has 0 fully saturated rings. The summed E-state index contributed by atoms with van der Waals surface area (Å²) >= 11 is 0. The van der Waals surface area contributed by atoms with Gasteiger partial charge in [0.1, 0.15) is 5.82 Å². The summed E-state index contributed by atoms with van der Waals surface area (Å²) in [7, 11) is 1.93. The Balaban J connectivity index is 2.53. The molecule has 2 aromatic rings. The Bertz CT molecular complexity index is 541. The van der Waals surface area contributed by atoms with E-state index >= 15 is 0 Å². The summed E-state index contributed by atoms with van der Waals surface area (Å²) in [6.45, 7) is 7.05. The second-order valence-corrected chi connectivity index (χ2v) is 4.80. The van der Waals surface area contributed by atoms with Crippen molar-refractivity contribution in [1.82, 2.24) is 9.88 Å². The van der Waals surface area contributed by atoms with Gasteiger partial charge in [0.2, 0.25) is 0 Å². The van der Waals surface area contributed by atoms with Crippen LogP contribution in [0.3, 0.4) is 0 Å². The zero-order valence-corrected chi connectivity index (χ0v) is 10.8. The normalized spacial score (nSPS) is 11.6. The van der Waals surface area contributed by atoms with Gasteiger partial charge in [-0.25, -0.2) is 4.39 Å². The van der Waals surface area contributed by atoms with Gasteiger partial charge in [0, 0.05) is 30.7 Å². The minimum Gasteiger partial charge on any atom is -0.344 e. The van der Waals surface area contributed by atoms with Crippen molar-refractivity contribution < 1.29 is 4.39 Å². The fraction of sp³-hybridized carbons (Fsp3) is 0.429. The largest absolute Gasteiger partial charge is 0.344 e. The average molecular weight is 234 g/mol. The summed E-state index contributed by atoms with van der Waals surface area (Å²) < 4.78 is 15.8. The minimum atomic E-state index is -0.149. The molecule has 0 spiro atoms. The minimum absolute atomic E-state index is 0.149. The van der Waals surface area contributed by atoms with Gasteiger partial charge in [-0.15, -0.1) is 0 Å². The second-order valence-electron chi connectivity index (χ2n) is 4.80. The van der Waals surface area contributed by atoms with Gasteiger partial charge in [-0.05, 0) is 18.6 Å². The third-order valence-electron chi connectivity index (χ3n) is 3.24. The number of nitrogens with one attached hydrogen (secondary N) is 1. The summed E-state index contributed by atoms with van der Waals surface area (Å²) in [6, 6.07) is 5.69. The van der Waals surface area contributed by atoms with Crippen LogP contribution in [-0.4, -0.2) is 10.6 Å². The van der Waals surface area contributed by atoms with Crippen LogP contribution in [0.1, 0.15) is 25.1 Å². The molecule has 1 aromatic carbocycles. The smallest absolute Gasteiger partial charge is 0.147 e. The Morgan fingerprint density at radius 1 is 1.35 bits per heavy atom. The lowest BCUT2D eigenvalue weighted by atomic mass is 10.1. The van der Waals surface area contributed by atoms with Crippen LogP contribution in [0.25, 0.3) is 10.9 Å². The summed E-state index contributed by atoms with van der Waals surface area (Å²) in [4.78, 5) is 0. The number of benzene rings is 1. The van der Waals surface area contributed by atoms with Gasteiger partial charge in [0.15, 0.2) is 0 Å². The van der Waals surface area contributed by atoms with Gasteiger partial charge in [0.05, 0.1) is 5.52 Å². The van der Waals surface area contributed by atoms with Crippen molar-refractivity contribution in [2.24, 2.45) is 7.05 Å². The van der Waals surface area contributed by atoms with E-state index in [9.17, 15) is 4.39 Å². The van der Waals surface area contributed by atoms with Crippen molar-refractivity contribution >= 4 is 10.9 Å². The Hall–Kier alpha value is -1.35. The second kappa shape index (κ2) is 4.49. The van der Waals surface area contributed by atoms with Crippen LogP contribution >= 0.6 is 0 Å². The highest BCUT2D eigenvalue weighted by Crippen LogP contribution is 2.26. The zero-order chi connectivity index (χ0) is 12.6.